The van der Waals surface area contributed by atoms with Gasteiger partial charge in [-0.05, 0) is 20.0 Å². The van der Waals surface area contributed by atoms with Gasteiger partial charge in [-0.25, -0.2) is 9.97 Å². The summed E-state index contributed by atoms with van der Waals surface area (Å²) < 4.78 is 5.82. The lowest BCUT2D eigenvalue weighted by atomic mass is 9.80. The van der Waals surface area contributed by atoms with Crippen molar-refractivity contribution < 1.29 is 4.74 Å². The first-order chi connectivity index (χ1) is 10.3. The summed E-state index contributed by atoms with van der Waals surface area (Å²) in [5.74, 6) is 0.824. The standard InChI is InChI=1S/C17H19N3O/c1-20-8-7-17(11-20)12-21-10-14-9-18-16(19-15(14)17)13-5-3-2-4-6-13/h2-6,9H,7-8,10-12H2,1H3/t17-/m0/s1. The second-order valence-electron chi connectivity index (χ2n) is 6.19. The first-order valence-corrected chi connectivity index (χ1v) is 7.45. The third-order valence-electron chi connectivity index (χ3n) is 4.58. The highest BCUT2D eigenvalue weighted by Gasteiger charge is 2.43. The zero-order valence-electron chi connectivity index (χ0n) is 12.2. The van der Waals surface area contributed by atoms with Crippen LogP contribution in [0.15, 0.2) is 36.5 Å². The highest BCUT2D eigenvalue weighted by atomic mass is 16.5. The second kappa shape index (κ2) is 4.90. The number of likely N-dealkylation sites (tertiary alicyclic amines) is 1. The third kappa shape index (κ3) is 2.15. The van der Waals surface area contributed by atoms with Crippen molar-refractivity contribution in [2.24, 2.45) is 0 Å². The topological polar surface area (TPSA) is 38.2 Å². The number of likely N-dealkylation sites (N-methyl/N-ethyl adjacent to an activating group) is 1. The van der Waals surface area contributed by atoms with E-state index in [0.717, 1.165) is 43.1 Å². The molecule has 2 aromatic rings. The lowest BCUT2D eigenvalue weighted by molar-refractivity contribution is 0.0516. The Hall–Kier alpha value is -1.78. The molecule has 0 saturated carbocycles. The van der Waals surface area contributed by atoms with Crippen LogP contribution in [0.25, 0.3) is 11.4 Å². The van der Waals surface area contributed by atoms with Gasteiger partial charge >= 0.3 is 0 Å². The summed E-state index contributed by atoms with van der Waals surface area (Å²) in [4.78, 5) is 11.8. The van der Waals surface area contributed by atoms with Gasteiger partial charge in [0, 0.05) is 23.9 Å². The van der Waals surface area contributed by atoms with Crippen molar-refractivity contribution in [1.82, 2.24) is 14.9 Å². The molecule has 1 atom stereocenters. The van der Waals surface area contributed by atoms with E-state index >= 15 is 0 Å². The molecule has 4 heteroatoms. The van der Waals surface area contributed by atoms with Gasteiger partial charge in [0.05, 0.1) is 24.3 Å². The van der Waals surface area contributed by atoms with Crippen LogP contribution >= 0.6 is 0 Å². The molecule has 1 fully saturated rings. The predicted octanol–water partition coefficient (Wildman–Crippen LogP) is 2.25. The molecular formula is C17H19N3O. The molecule has 0 aliphatic carbocycles. The minimum absolute atomic E-state index is 0.0504. The van der Waals surface area contributed by atoms with Gasteiger partial charge in [-0.2, -0.15) is 0 Å². The monoisotopic (exact) mass is 281 g/mol. The second-order valence-corrected chi connectivity index (χ2v) is 6.19. The van der Waals surface area contributed by atoms with Gasteiger partial charge in [0.2, 0.25) is 0 Å². The van der Waals surface area contributed by atoms with E-state index < -0.39 is 0 Å². The van der Waals surface area contributed by atoms with Crippen LogP contribution in [-0.2, 0) is 16.8 Å². The van der Waals surface area contributed by atoms with Gasteiger partial charge in [-0.1, -0.05) is 30.3 Å². The SMILES string of the molecule is CN1CC[C@@]2(COCc3cnc(-c4ccccc4)nc32)C1. The number of aromatic nitrogens is 2. The van der Waals surface area contributed by atoms with Crippen molar-refractivity contribution in [1.29, 1.82) is 0 Å². The largest absolute Gasteiger partial charge is 0.376 e. The Morgan fingerprint density at radius 2 is 2.10 bits per heavy atom. The smallest absolute Gasteiger partial charge is 0.159 e. The van der Waals surface area contributed by atoms with E-state index in [0.29, 0.717) is 6.61 Å². The Labute approximate surface area is 124 Å². The van der Waals surface area contributed by atoms with Crippen LogP contribution in [0.4, 0.5) is 0 Å². The molecule has 3 heterocycles. The van der Waals surface area contributed by atoms with E-state index in [1.165, 1.54) is 5.69 Å². The van der Waals surface area contributed by atoms with Crippen molar-refractivity contribution >= 4 is 0 Å². The van der Waals surface area contributed by atoms with E-state index in [-0.39, 0.29) is 5.41 Å². The van der Waals surface area contributed by atoms with Crippen molar-refractivity contribution in [3.05, 3.63) is 47.8 Å². The molecule has 1 spiro atoms. The van der Waals surface area contributed by atoms with E-state index in [1.54, 1.807) is 0 Å². The lowest BCUT2D eigenvalue weighted by Crippen LogP contribution is -2.40. The Morgan fingerprint density at radius 1 is 1.24 bits per heavy atom. The maximum Gasteiger partial charge on any atom is 0.159 e. The average Bonchev–Trinajstić information content (AvgIpc) is 2.90. The first-order valence-electron chi connectivity index (χ1n) is 7.45. The number of rotatable bonds is 1. The summed E-state index contributed by atoms with van der Waals surface area (Å²) in [7, 11) is 2.17. The Kier molecular flexibility index (Phi) is 3.01. The molecule has 0 bridgehead atoms. The zero-order valence-corrected chi connectivity index (χ0v) is 12.2. The summed E-state index contributed by atoms with van der Waals surface area (Å²) in [6, 6.07) is 10.2. The summed E-state index contributed by atoms with van der Waals surface area (Å²) in [6.07, 6.45) is 3.06. The molecule has 0 radical (unpaired) electrons. The number of ether oxygens (including phenoxy) is 1. The van der Waals surface area contributed by atoms with Crippen LogP contribution in [0.5, 0.6) is 0 Å². The van der Waals surface area contributed by atoms with Crippen molar-refractivity contribution in [2.75, 3.05) is 26.7 Å². The molecule has 2 aliphatic rings. The van der Waals surface area contributed by atoms with Crippen molar-refractivity contribution in [2.45, 2.75) is 18.4 Å². The van der Waals surface area contributed by atoms with Crippen LogP contribution in [-0.4, -0.2) is 41.6 Å². The fourth-order valence-electron chi connectivity index (χ4n) is 3.51. The fraction of sp³-hybridized carbons (Fsp3) is 0.412. The van der Waals surface area contributed by atoms with Gasteiger partial charge < -0.3 is 9.64 Å². The van der Waals surface area contributed by atoms with Crippen LogP contribution in [0.2, 0.25) is 0 Å². The molecule has 21 heavy (non-hydrogen) atoms. The zero-order chi connectivity index (χ0) is 14.3. The normalized spacial score (nSPS) is 25.2. The Bertz CT molecular complexity index is 658. The number of hydrogen-bond donors (Lipinski definition) is 0. The van der Waals surface area contributed by atoms with Crippen molar-refractivity contribution in [3.63, 3.8) is 0 Å². The summed E-state index contributed by atoms with van der Waals surface area (Å²) >= 11 is 0. The molecule has 1 saturated heterocycles. The predicted molar refractivity (Wildman–Crippen MR) is 80.9 cm³/mol. The number of nitrogens with zero attached hydrogens (tertiary/aromatic N) is 3. The van der Waals surface area contributed by atoms with Crippen LogP contribution in [0, 0.1) is 0 Å². The van der Waals surface area contributed by atoms with Gasteiger partial charge in [0.1, 0.15) is 0 Å². The Balaban J connectivity index is 1.81. The summed E-state index contributed by atoms with van der Waals surface area (Å²) in [6.45, 7) is 3.53. The molecule has 2 aliphatic heterocycles. The van der Waals surface area contributed by atoms with E-state index in [4.69, 9.17) is 9.72 Å². The average molecular weight is 281 g/mol. The quantitative estimate of drug-likeness (QED) is 0.803. The number of benzene rings is 1. The fourth-order valence-corrected chi connectivity index (χ4v) is 3.51. The molecule has 0 amide bonds. The molecule has 0 N–H and O–H groups in total. The highest BCUT2D eigenvalue weighted by molar-refractivity contribution is 5.55. The molecule has 108 valence electrons. The first kappa shape index (κ1) is 12.9. The molecule has 1 aromatic heterocycles. The van der Waals surface area contributed by atoms with E-state index in [2.05, 4.69) is 29.1 Å². The van der Waals surface area contributed by atoms with Gasteiger partial charge in [0.25, 0.3) is 0 Å². The minimum Gasteiger partial charge on any atom is -0.376 e. The number of hydrogen-bond acceptors (Lipinski definition) is 4. The van der Waals surface area contributed by atoms with Crippen LogP contribution < -0.4 is 0 Å². The molecule has 4 nitrogen and oxygen atoms in total. The van der Waals surface area contributed by atoms with Crippen molar-refractivity contribution in [3.8, 4) is 11.4 Å². The third-order valence-corrected chi connectivity index (χ3v) is 4.58. The van der Waals surface area contributed by atoms with Crippen LogP contribution in [0.3, 0.4) is 0 Å². The summed E-state index contributed by atoms with van der Waals surface area (Å²) in [5.41, 5.74) is 3.48. The Morgan fingerprint density at radius 3 is 2.86 bits per heavy atom. The van der Waals surface area contributed by atoms with E-state index in [1.807, 2.05) is 24.4 Å². The maximum atomic E-state index is 5.82. The van der Waals surface area contributed by atoms with Crippen LogP contribution in [0.1, 0.15) is 17.7 Å². The molecule has 1 aromatic carbocycles. The van der Waals surface area contributed by atoms with Gasteiger partial charge in [-0.15, -0.1) is 0 Å². The minimum atomic E-state index is 0.0504. The molecule has 0 unspecified atom stereocenters. The van der Waals surface area contributed by atoms with Gasteiger partial charge in [0.15, 0.2) is 5.82 Å². The van der Waals surface area contributed by atoms with Gasteiger partial charge in [-0.3, -0.25) is 0 Å². The summed E-state index contributed by atoms with van der Waals surface area (Å²) in [5, 5.41) is 0. The number of fused-ring (bicyclic) bond motifs is 2. The highest BCUT2D eigenvalue weighted by Crippen LogP contribution is 2.38. The molecular weight excluding hydrogens is 262 g/mol. The van der Waals surface area contributed by atoms with E-state index in [9.17, 15) is 0 Å². The maximum absolute atomic E-state index is 5.82. The lowest BCUT2D eigenvalue weighted by Gasteiger charge is -2.34. The molecule has 4 rings (SSSR count).